The third-order valence-electron chi connectivity index (χ3n) is 3.96. The second kappa shape index (κ2) is 6.15. The Bertz CT molecular complexity index is 414. The SMILES string of the molecule is CCOc1cccc(N(C)C2CCN(C)CC2)c1N. The number of para-hydroxylation sites is 1. The number of benzene rings is 1. The van der Waals surface area contributed by atoms with Gasteiger partial charge in [-0.05, 0) is 52.0 Å². The monoisotopic (exact) mass is 263 g/mol. The van der Waals surface area contributed by atoms with Gasteiger partial charge in [-0.25, -0.2) is 0 Å². The molecule has 0 unspecified atom stereocenters. The van der Waals surface area contributed by atoms with Crippen LogP contribution in [0.3, 0.4) is 0 Å². The Morgan fingerprint density at radius 1 is 1.37 bits per heavy atom. The molecule has 0 amide bonds. The summed E-state index contributed by atoms with van der Waals surface area (Å²) in [5, 5.41) is 0. The molecule has 1 heterocycles. The molecule has 4 heteroatoms. The van der Waals surface area contributed by atoms with E-state index in [2.05, 4.69) is 30.0 Å². The molecular formula is C15H25N3O. The molecule has 0 saturated carbocycles. The number of hydrogen-bond donors (Lipinski definition) is 1. The lowest BCUT2D eigenvalue weighted by Gasteiger charge is -2.37. The molecule has 0 radical (unpaired) electrons. The van der Waals surface area contributed by atoms with Crippen LogP contribution in [0.5, 0.6) is 5.75 Å². The summed E-state index contributed by atoms with van der Waals surface area (Å²) in [5.74, 6) is 0.791. The van der Waals surface area contributed by atoms with Gasteiger partial charge in [0.2, 0.25) is 0 Å². The van der Waals surface area contributed by atoms with Crippen LogP contribution < -0.4 is 15.4 Å². The number of rotatable bonds is 4. The van der Waals surface area contributed by atoms with Gasteiger partial charge >= 0.3 is 0 Å². The Morgan fingerprint density at radius 3 is 2.68 bits per heavy atom. The van der Waals surface area contributed by atoms with Crippen molar-refractivity contribution < 1.29 is 4.74 Å². The minimum absolute atomic E-state index is 0.565. The van der Waals surface area contributed by atoms with E-state index in [1.165, 1.54) is 12.8 Å². The Morgan fingerprint density at radius 2 is 2.05 bits per heavy atom. The minimum Gasteiger partial charge on any atom is -0.492 e. The lowest BCUT2D eigenvalue weighted by atomic mass is 10.0. The van der Waals surface area contributed by atoms with Crippen LogP contribution in [0, 0.1) is 0 Å². The van der Waals surface area contributed by atoms with Gasteiger partial charge in [-0.2, -0.15) is 0 Å². The molecule has 1 aliphatic rings. The summed E-state index contributed by atoms with van der Waals surface area (Å²) in [7, 11) is 4.32. The van der Waals surface area contributed by atoms with Crippen LogP contribution in [-0.4, -0.2) is 44.7 Å². The fourth-order valence-electron chi connectivity index (χ4n) is 2.70. The first kappa shape index (κ1) is 14.0. The van der Waals surface area contributed by atoms with Crippen molar-refractivity contribution in [1.29, 1.82) is 0 Å². The van der Waals surface area contributed by atoms with Gasteiger partial charge in [-0.3, -0.25) is 0 Å². The predicted octanol–water partition coefficient (Wildman–Crippen LogP) is 2.20. The van der Waals surface area contributed by atoms with Gasteiger partial charge in [0.25, 0.3) is 0 Å². The van der Waals surface area contributed by atoms with Gasteiger partial charge in [0.1, 0.15) is 5.75 Å². The molecule has 106 valence electrons. The van der Waals surface area contributed by atoms with E-state index >= 15 is 0 Å². The molecule has 0 aromatic heterocycles. The molecule has 19 heavy (non-hydrogen) atoms. The third-order valence-corrected chi connectivity index (χ3v) is 3.96. The number of nitrogens with zero attached hydrogens (tertiary/aromatic N) is 2. The number of nitrogens with two attached hydrogens (primary N) is 1. The molecule has 1 aromatic rings. The lowest BCUT2D eigenvalue weighted by Crippen LogP contribution is -2.42. The van der Waals surface area contributed by atoms with E-state index in [1.54, 1.807) is 0 Å². The predicted molar refractivity (Wildman–Crippen MR) is 80.9 cm³/mol. The minimum atomic E-state index is 0.565. The Labute approximate surface area is 116 Å². The van der Waals surface area contributed by atoms with E-state index in [4.69, 9.17) is 10.5 Å². The molecule has 4 nitrogen and oxygen atoms in total. The molecule has 1 saturated heterocycles. The van der Waals surface area contributed by atoms with Crippen LogP contribution in [0.4, 0.5) is 11.4 Å². The van der Waals surface area contributed by atoms with Crippen LogP contribution >= 0.6 is 0 Å². The van der Waals surface area contributed by atoms with Crippen molar-refractivity contribution in [1.82, 2.24) is 4.90 Å². The maximum Gasteiger partial charge on any atom is 0.144 e. The fraction of sp³-hybridized carbons (Fsp3) is 0.600. The molecule has 0 spiro atoms. The standard InChI is InChI=1S/C15H25N3O/c1-4-19-14-7-5-6-13(15(14)16)18(3)12-8-10-17(2)11-9-12/h5-7,12H,4,8-11,16H2,1-3H3. The summed E-state index contributed by atoms with van der Waals surface area (Å²) < 4.78 is 5.57. The quantitative estimate of drug-likeness (QED) is 0.846. The maximum atomic E-state index is 6.23. The fourth-order valence-corrected chi connectivity index (χ4v) is 2.70. The molecule has 2 rings (SSSR count). The third kappa shape index (κ3) is 3.13. The molecule has 0 aliphatic carbocycles. The van der Waals surface area contributed by atoms with Crippen molar-refractivity contribution >= 4 is 11.4 Å². The first-order valence-electron chi connectivity index (χ1n) is 7.06. The molecular weight excluding hydrogens is 238 g/mol. The van der Waals surface area contributed by atoms with Gasteiger partial charge in [0.15, 0.2) is 0 Å². The van der Waals surface area contributed by atoms with Gasteiger partial charge in [0.05, 0.1) is 18.0 Å². The van der Waals surface area contributed by atoms with Crippen LogP contribution in [0.1, 0.15) is 19.8 Å². The van der Waals surface area contributed by atoms with E-state index < -0.39 is 0 Å². The van der Waals surface area contributed by atoms with Gasteiger partial charge < -0.3 is 20.3 Å². The maximum absolute atomic E-state index is 6.23. The summed E-state index contributed by atoms with van der Waals surface area (Å²) >= 11 is 0. The first-order chi connectivity index (χ1) is 9.13. The van der Waals surface area contributed by atoms with E-state index in [0.29, 0.717) is 12.6 Å². The Hall–Kier alpha value is -1.42. The average Bonchev–Trinajstić information content (AvgIpc) is 2.41. The first-order valence-corrected chi connectivity index (χ1v) is 7.06. The van der Waals surface area contributed by atoms with Gasteiger partial charge in [-0.15, -0.1) is 0 Å². The highest BCUT2D eigenvalue weighted by atomic mass is 16.5. The van der Waals surface area contributed by atoms with Crippen LogP contribution in [0.25, 0.3) is 0 Å². The second-order valence-corrected chi connectivity index (χ2v) is 5.27. The molecule has 1 aliphatic heterocycles. The molecule has 1 fully saturated rings. The number of anilines is 2. The van der Waals surface area contributed by atoms with Crippen LogP contribution in [0.2, 0.25) is 0 Å². The number of piperidine rings is 1. The zero-order valence-electron chi connectivity index (χ0n) is 12.2. The van der Waals surface area contributed by atoms with Crippen LogP contribution in [0.15, 0.2) is 18.2 Å². The summed E-state index contributed by atoms with van der Waals surface area (Å²) in [6.07, 6.45) is 2.37. The molecule has 0 atom stereocenters. The molecule has 0 bridgehead atoms. The van der Waals surface area contributed by atoms with Crippen molar-refractivity contribution in [3.63, 3.8) is 0 Å². The lowest BCUT2D eigenvalue weighted by molar-refractivity contribution is 0.253. The van der Waals surface area contributed by atoms with E-state index in [0.717, 1.165) is 30.2 Å². The van der Waals surface area contributed by atoms with Gasteiger partial charge in [0, 0.05) is 13.1 Å². The topological polar surface area (TPSA) is 41.7 Å². The summed E-state index contributed by atoms with van der Waals surface area (Å²) in [6, 6.07) is 6.60. The summed E-state index contributed by atoms with van der Waals surface area (Å²) in [5.41, 5.74) is 8.07. The van der Waals surface area contributed by atoms with E-state index in [-0.39, 0.29) is 0 Å². The largest absolute Gasteiger partial charge is 0.492 e. The van der Waals surface area contributed by atoms with Crippen molar-refractivity contribution in [3.05, 3.63) is 18.2 Å². The summed E-state index contributed by atoms with van der Waals surface area (Å²) in [6.45, 7) is 4.93. The number of hydrogen-bond acceptors (Lipinski definition) is 4. The highest BCUT2D eigenvalue weighted by Crippen LogP contribution is 2.33. The van der Waals surface area contributed by atoms with Gasteiger partial charge in [-0.1, -0.05) is 6.07 Å². The number of nitrogen functional groups attached to an aromatic ring is 1. The Kier molecular flexibility index (Phi) is 4.53. The van der Waals surface area contributed by atoms with E-state index in [1.807, 2.05) is 19.1 Å². The highest BCUT2D eigenvalue weighted by molar-refractivity contribution is 5.74. The smallest absolute Gasteiger partial charge is 0.144 e. The zero-order valence-corrected chi connectivity index (χ0v) is 12.2. The highest BCUT2D eigenvalue weighted by Gasteiger charge is 2.22. The zero-order chi connectivity index (χ0) is 13.8. The van der Waals surface area contributed by atoms with Crippen molar-refractivity contribution in [2.24, 2.45) is 0 Å². The molecule has 1 aromatic carbocycles. The number of ether oxygens (including phenoxy) is 1. The molecule has 2 N–H and O–H groups in total. The average molecular weight is 263 g/mol. The summed E-state index contributed by atoms with van der Waals surface area (Å²) in [4.78, 5) is 4.69. The number of likely N-dealkylation sites (tertiary alicyclic amines) is 1. The van der Waals surface area contributed by atoms with Crippen LogP contribution in [-0.2, 0) is 0 Å². The van der Waals surface area contributed by atoms with Crippen molar-refractivity contribution in [2.45, 2.75) is 25.8 Å². The van der Waals surface area contributed by atoms with Crippen molar-refractivity contribution in [3.8, 4) is 5.75 Å². The second-order valence-electron chi connectivity index (χ2n) is 5.27. The normalized spacial score (nSPS) is 17.4. The van der Waals surface area contributed by atoms with E-state index in [9.17, 15) is 0 Å². The van der Waals surface area contributed by atoms with Crippen molar-refractivity contribution in [2.75, 3.05) is 44.4 Å². The Balaban J connectivity index is 2.14.